The summed E-state index contributed by atoms with van der Waals surface area (Å²) in [6.45, 7) is 4.26. The van der Waals surface area contributed by atoms with Gasteiger partial charge in [0.25, 0.3) is 5.91 Å². The van der Waals surface area contributed by atoms with Crippen LogP contribution in [-0.4, -0.2) is 34.5 Å². The van der Waals surface area contributed by atoms with Crippen molar-refractivity contribution in [1.82, 2.24) is 9.88 Å². The highest BCUT2D eigenvalue weighted by atomic mass is 16.3. The number of amides is 1. The molecule has 2 N–H and O–H groups in total. The molecule has 20 heavy (non-hydrogen) atoms. The first-order valence-corrected chi connectivity index (χ1v) is 7.05. The number of nitrogens with zero attached hydrogens (tertiary/aromatic N) is 1. The Hall–Kier alpha value is -1.62. The van der Waals surface area contributed by atoms with E-state index in [-0.39, 0.29) is 18.3 Å². The highest BCUT2D eigenvalue weighted by molar-refractivity contribution is 5.99. The largest absolute Gasteiger partial charge is 0.396 e. The quantitative estimate of drug-likeness (QED) is 0.713. The van der Waals surface area contributed by atoms with Crippen molar-refractivity contribution in [3.05, 3.63) is 23.5 Å². The second-order valence-corrected chi connectivity index (χ2v) is 5.16. The predicted molar refractivity (Wildman–Crippen MR) is 77.9 cm³/mol. The van der Waals surface area contributed by atoms with Crippen molar-refractivity contribution in [3.63, 3.8) is 0 Å². The van der Waals surface area contributed by atoms with E-state index in [0.717, 1.165) is 12.8 Å². The maximum Gasteiger partial charge on any atom is 0.267 e. The fraction of sp³-hybridized carbons (Fsp3) is 0.600. The van der Waals surface area contributed by atoms with Crippen LogP contribution in [0.25, 0.3) is 0 Å². The fourth-order valence-corrected chi connectivity index (χ4v) is 2.25. The minimum absolute atomic E-state index is 0.0520. The van der Waals surface area contributed by atoms with Crippen molar-refractivity contribution in [2.45, 2.75) is 33.1 Å². The lowest BCUT2D eigenvalue weighted by atomic mass is 10.0. The van der Waals surface area contributed by atoms with E-state index >= 15 is 0 Å². The Morgan fingerprint density at radius 1 is 1.40 bits per heavy atom. The summed E-state index contributed by atoms with van der Waals surface area (Å²) >= 11 is 0. The van der Waals surface area contributed by atoms with Crippen LogP contribution >= 0.6 is 0 Å². The first-order chi connectivity index (χ1) is 9.49. The Balaban J connectivity index is 2.64. The second kappa shape index (κ2) is 7.85. The van der Waals surface area contributed by atoms with Crippen molar-refractivity contribution in [3.8, 4) is 0 Å². The third kappa shape index (κ3) is 4.49. The van der Waals surface area contributed by atoms with Gasteiger partial charge in [-0.3, -0.25) is 9.59 Å². The fourth-order valence-electron chi connectivity index (χ4n) is 2.25. The van der Waals surface area contributed by atoms with Crippen molar-refractivity contribution < 1.29 is 14.7 Å². The standard InChI is InChI=1S/C15H24N2O3/c1-4-5-12(6-7-18)9-16-15(20)14-8-13(11(2)19)10-17(14)3/h8,10,12,18H,4-7,9H2,1-3H3,(H,16,20). The van der Waals surface area contributed by atoms with Gasteiger partial charge in [0.05, 0.1) is 0 Å². The van der Waals surface area contributed by atoms with E-state index in [1.165, 1.54) is 6.92 Å². The van der Waals surface area contributed by atoms with E-state index in [1.54, 1.807) is 23.9 Å². The molecule has 0 aromatic carbocycles. The van der Waals surface area contributed by atoms with Crippen LogP contribution in [0.4, 0.5) is 0 Å². The maximum absolute atomic E-state index is 12.1. The summed E-state index contributed by atoms with van der Waals surface area (Å²) in [5.41, 5.74) is 1.02. The molecular formula is C15H24N2O3. The molecule has 0 fully saturated rings. The van der Waals surface area contributed by atoms with Crippen LogP contribution in [-0.2, 0) is 7.05 Å². The van der Waals surface area contributed by atoms with Crippen LogP contribution in [0.3, 0.4) is 0 Å². The van der Waals surface area contributed by atoms with Crippen LogP contribution in [0.15, 0.2) is 12.3 Å². The average molecular weight is 280 g/mol. The summed E-state index contributed by atoms with van der Waals surface area (Å²) in [6, 6.07) is 1.61. The molecule has 0 aliphatic heterocycles. The zero-order valence-corrected chi connectivity index (χ0v) is 12.5. The number of aryl methyl sites for hydroxylation is 1. The molecule has 0 aliphatic rings. The summed E-state index contributed by atoms with van der Waals surface area (Å²) in [5, 5.41) is 11.9. The molecule has 1 aromatic heterocycles. The van der Waals surface area contributed by atoms with Crippen LogP contribution < -0.4 is 5.32 Å². The molecule has 1 atom stereocenters. The Kier molecular flexibility index (Phi) is 6.45. The minimum Gasteiger partial charge on any atom is -0.396 e. The number of hydrogen-bond acceptors (Lipinski definition) is 3. The monoisotopic (exact) mass is 280 g/mol. The topological polar surface area (TPSA) is 71.3 Å². The number of nitrogens with one attached hydrogen (secondary N) is 1. The van der Waals surface area contributed by atoms with E-state index in [2.05, 4.69) is 12.2 Å². The Morgan fingerprint density at radius 3 is 2.60 bits per heavy atom. The number of carbonyl (C=O) groups excluding carboxylic acids is 2. The summed E-state index contributed by atoms with van der Waals surface area (Å²) in [4.78, 5) is 23.4. The lowest BCUT2D eigenvalue weighted by molar-refractivity contribution is 0.0934. The zero-order chi connectivity index (χ0) is 15.1. The number of hydrogen-bond donors (Lipinski definition) is 2. The average Bonchev–Trinajstić information content (AvgIpc) is 2.78. The van der Waals surface area contributed by atoms with Crippen molar-refractivity contribution >= 4 is 11.7 Å². The third-order valence-corrected chi connectivity index (χ3v) is 3.43. The minimum atomic E-state index is -0.181. The third-order valence-electron chi connectivity index (χ3n) is 3.43. The highest BCUT2D eigenvalue weighted by Gasteiger charge is 2.15. The molecule has 112 valence electrons. The van der Waals surface area contributed by atoms with Crippen LogP contribution in [0.1, 0.15) is 54.0 Å². The maximum atomic E-state index is 12.1. The van der Waals surface area contributed by atoms with Gasteiger partial charge in [-0.05, 0) is 31.7 Å². The number of Topliss-reactive ketones (excluding diaryl/α,β-unsaturated/α-hetero) is 1. The lowest BCUT2D eigenvalue weighted by Crippen LogP contribution is -2.30. The number of ketones is 1. The van der Waals surface area contributed by atoms with Crippen molar-refractivity contribution in [2.75, 3.05) is 13.2 Å². The summed E-state index contributed by atoms with van der Waals surface area (Å²) in [5.74, 6) is 0.0596. The summed E-state index contributed by atoms with van der Waals surface area (Å²) < 4.78 is 1.66. The molecule has 1 aromatic rings. The van der Waals surface area contributed by atoms with E-state index < -0.39 is 0 Å². The zero-order valence-electron chi connectivity index (χ0n) is 12.5. The molecule has 5 heteroatoms. The Labute approximate surface area is 120 Å². The van der Waals surface area contributed by atoms with Crippen LogP contribution in [0, 0.1) is 5.92 Å². The molecule has 1 amide bonds. The molecular weight excluding hydrogens is 256 g/mol. The molecule has 0 radical (unpaired) electrons. The molecule has 1 rings (SSSR count). The number of aliphatic hydroxyl groups is 1. The van der Waals surface area contributed by atoms with Gasteiger partial charge in [-0.15, -0.1) is 0 Å². The first-order valence-electron chi connectivity index (χ1n) is 7.05. The van der Waals surface area contributed by atoms with Crippen molar-refractivity contribution in [2.24, 2.45) is 13.0 Å². The molecule has 0 bridgehead atoms. The molecule has 0 aliphatic carbocycles. The Morgan fingerprint density at radius 2 is 2.10 bits per heavy atom. The van der Waals surface area contributed by atoms with Gasteiger partial charge in [-0.2, -0.15) is 0 Å². The smallest absolute Gasteiger partial charge is 0.267 e. The number of aromatic nitrogens is 1. The second-order valence-electron chi connectivity index (χ2n) is 5.16. The Bertz CT molecular complexity index is 460. The number of aliphatic hydroxyl groups excluding tert-OH is 1. The van der Waals surface area contributed by atoms with E-state index in [4.69, 9.17) is 5.11 Å². The van der Waals surface area contributed by atoms with Gasteiger partial charge in [0.2, 0.25) is 0 Å². The van der Waals surface area contributed by atoms with Gasteiger partial charge in [0.1, 0.15) is 5.69 Å². The molecule has 5 nitrogen and oxygen atoms in total. The molecule has 0 spiro atoms. The molecule has 1 heterocycles. The van der Waals surface area contributed by atoms with Gasteiger partial charge in [0.15, 0.2) is 5.78 Å². The van der Waals surface area contributed by atoms with E-state index in [0.29, 0.717) is 30.1 Å². The van der Waals surface area contributed by atoms with Gasteiger partial charge in [-0.1, -0.05) is 13.3 Å². The van der Waals surface area contributed by atoms with E-state index in [1.807, 2.05) is 0 Å². The van der Waals surface area contributed by atoms with Gasteiger partial charge >= 0.3 is 0 Å². The van der Waals surface area contributed by atoms with Crippen LogP contribution in [0.2, 0.25) is 0 Å². The van der Waals surface area contributed by atoms with Gasteiger partial charge in [0, 0.05) is 32.0 Å². The normalized spacial score (nSPS) is 12.2. The molecule has 0 saturated heterocycles. The number of carbonyl (C=O) groups is 2. The van der Waals surface area contributed by atoms with Gasteiger partial charge in [-0.25, -0.2) is 0 Å². The highest BCUT2D eigenvalue weighted by Crippen LogP contribution is 2.11. The summed E-state index contributed by atoms with van der Waals surface area (Å²) in [7, 11) is 1.75. The van der Waals surface area contributed by atoms with E-state index in [9.17, 15) is 9.59 Å². The van der Waals surface area contributed by atoms with Crippen LogP contribution in [0.5, 0.6) is 0 Å². The number of rotatable bonds is 8. The molecule has 1 unspecified atom stereocenters. The lowest BCUT2D eigenvalue weighted by Gasteiger charge is -2.15. The first kappa shape index (κ1) is 16.4. The van der Waals surface area contributed by atoms with Gasteiger partial charge < -0.3 is 15.0 Å². The molecule has 0 saturated carbocycles. The summed E-state index contributed by atoms with van der Waals surface area (Å²) in [6.07, 6.45) is 4.36. The van der Waals surface area contributed by atoms with Crippen molar-refractivity contribution in [1.29, 1.82) is 0 Å². The SMILES string of the molecule is CCCC(CCO)CNC(=O)c1cc(C(C)=O)cn1C. The predicted octanol–water partition coefficient (Wildman–Crippen LogP) is 1.76.